The van der Waals surface area contributed by atoms with E-state index in [4.69, 9.17) is 4.74 Å². The quantitative estimate of drug-likeness (QED) is 0.175. The van der Waals surface area contributed by atoms with Gasteiger partial charge < -0.3 is 24.7 Å². The van der Waals surface area contributed by atoms with Gasteiger partial charge in [-0.15, -0.1) is 0 Å². The molecule has 6 nitrogen and oxygen atoms in total. The Morgan fingerprint density at radius 1 is 0.478 bits per heavy atom. The summed E-state index contributed by atoms with van der Waals surface area (Å²) < 4.78 is 5.99. The minimum absolute atomic E-state index is 0.211. The number of urea groups is 1. The van der Waals surface area contributed by atoms with Gasteiger partial charge >= 0.3 is 6.03 Å². The van der Waals surface area contributed by atoms with Crippen LogP contribution in [0.15, 0.2) is 146 Å². The summed E-state index contributed by atoms with van der Waals surface area (Å²) in [6.45, 7) is 1.08. The lowest BCUT2D eigenvalue weighted by molar-refractivity contribution is -0.0408. The maximum Gasteiger partial charge on any atom is 0.321 e. The molecule has 6 heteroatoms. The summed E-state index contributed by atoms with van der Waals surface area (Å²) in [4.78, 5) is 18.2. The van der Waals surface area contributed by atoms with Crippen LogP contribution in [0, 0.1) is 0 Å². The van der Waals surface area contributed by atoms with E-state index < -0.39 is 24.3 Å². The van der Waals surface area contributed by atoms with Crippen LogP contribution in [0.3, 0.4) is 0 Å². The van der Waals surface area contributed by atoms with Gasteiger partial charge in [0.25, 0.3) is 0 Å². The third kappa shape index (κ3) is 7.65. The molecular formula is C40H40N2O4. The molecule has 0 aliphatic carbocycles. The van der Waals surface area contributed by atoms with Crippen LogP contribution in [0.5, 0.6) is 5.75 Å². The molecule has 5 aromatic rings. The van der Waals surface area contributed by atoms with E-state index in [2.05, 4.69) is 0 Å². The standard InChI is InChI=1S/C40H40N2O4/c43-38-36(25-30-13-5-1-6-14-30)41(27-32-15-7-2-8-16-32)40(45)42(28-33-17-9-3-10-18-33)37(39(38)44)26-31-21-23-35(24-22-31)46-29-34-19-11-4-12-20-34/h1-24,36-39,43-44H,25-29H2/t36-,37-,38+,39+/m1/s1. The zero-order valence-corrected chi connectivity index (χ0v) is 25.8. The predicted molar refractivity (Wildman–Crippen MR) is 180 cm³/mol. The van der Waals surface area contributed by atoms with Crippen molar-refractivity contribution in [3.05, 3.63) is 173 Å². The Balaban J connectivity index is 1.32. The van der Waals surface area contributed by atoms with Crippen LogP contribution in [-0.2, 0) is 32.5 Å². The summed E-state index contributed by atoms with van der Waals surface area (Å²) in [6.07, 6.45) is -1.58. The van der Waals surface area contributed by atoms with Gasteiger partial charge in [0.1, 0.15) is 24.6 Å². The van der Waals surface area contributed by atoms with E-state index in [9.17, 15) is 15.0 Å². The van der Waals surface area contributed by atoms with Crippen molar-refractivity contribution in [1.82, 2.24) is 9.80 Å². The number of hydrogen-bond acceptors (Lipinski definition) is 4. The fourth-order valence-corrected chi connectivity index (χ4v) is 6.22. The topological polar surface area (TPSA) is 73.2 Å². The summed E-state index contributed by atoms with van der Waals surface area (Å²) in [6, 6.07) is 45.8. The molecule has 1 fully saturated rings. The van der Waals surface area contributed by atoms with E-state index in [1.165, 1.54) is 0 Å². The summed E-state index contributed by atoms with van der Waals surface area (Å²) in [5.74, 6) is 0.739. The molecule has 1 aliphatic heterocycles. The zero-order valence-electron chi connectivity index (χ0n) is 25.8. The van der Waals surface area contributed by atoms with Gasteiger partial charge in [-0.25, -0.2) is 4.79 Å². The van der Waals surface area contributed by atoms with Crippen LogP contribution in [0.25, 0.3) is 0 Å². The van der Waals surface area contributed by atoms with Crippen molar-refractivity contribution < 1.29 is 19.7 Å². The Morgan fingerprint density at radius 3 is 1.28 bits per heavy atom. The Labute approximate surface area is 271 Å². The molecule has 5 aromatic carbocycles. The maximum absolute atomic E-state index is 14.7. The fourth-order valence-electron chi connectivity index (χ4n) is 6.22. The van der Waals surface area contributed by atoms with Crippen molar-refractivity contribution in [2.24, 2.45) is 0 Å². The van der Waals surface area contributed by atoms with Crippen molar-refractivity contribution in [3.63, 3.8) is 0 Å². The molecule has 46 heavy (non-hydrogen) atoms. The molecule has 1 aliphatic rings. The number of benzene rings is 5. The molecule has 0 radical (unpaired) electrons. The molecular weight excluding hydrogens is 572 g/mol. The molecule has 2 N–H and O–H groups in total. The first-order valence-electron chi connectivity index (χ1n) is 15.9. The van der Waals surface area contributed by atoms with Crippen molar-refractivity contribution in [3.8, 4) is 5.75 Å². The summed E-state index contributed by atoms with van der Waals surface area (Å²) in [7, 11) is 0. The lowest BCUT2D eigenvalue weighted by Crippen LogP contribution is -2.50. The molecule has 1 saturated heterocycles. The average molecular weight is 613 g/mol. The van der Waals surface area contributed by atoms with Crippen molar-refractivity contribution in [2.45, 2.75) is 56.8 Å². The highest BCUT2D eigenvalue weighted by Gasteiger charge is 2.46. The largest absolute Gasteiger partial charge is 0.489 e. The van der Waals surface area contributed by atoms with Gasteiger partial charge in [-0.05, 0) is 52.8 Å². The highest BCUT2D eigenvalue weighted by molar-refractivity contribution is 5.76. The van der Waals surface area contributed by atoms with Crippen LogP contribution in [-0.4, -0.2) is 50.3 Å². The third-order valence-electron chi connectivity index (χ3n) is 8.73. The molecule has 234 valence electrons. The van der Waals surface area contributed by atoms with E-state index >= 15 is 0 Å². The predicted octanol–water partition coefficient (Wildman–Crippen LogP) is 6.65. The van der Waals surface area contributed by atoms with E-state index in [0.717, 1.165) is 33.6 Å². The van der Waals surface area contributed by atoms with Gasteiger partial charge in [-0.1, -0.05) is 133 Å². The number of amides is 2. The number of rotatable bonds is 11. The molecule has 0 bridgehead atoms. The van der Waals surface area contributed by atoms with Gasteiger partial charge in [0.2, 0.25) is 0 Å². The number of carbonyl (C=O) groups excluding carboxylic acids is 1. The Kier molecular flexibility index (Phi) is 10.1. The molecule has 4 atom stereocenters. The fraction of sp³-hybridized carbons (Fsp3) is 0.225. The van der Waals surface area contributed by atoms with Crippen molar-refractivity contribution in [2.75, 3.05) is 0 Å². The van der Waals surface area contributed by atoms with Gasteiger partial charge in [-0.3, -0.25) is 0 Å². The second-order valence-electron chi connectivity index (χ2n) is 11.9. The second-order valence-corrected chi connectivity index (χ2v) is 11.9. The number of aliphatic hydroxyl groups excluding tert-OH is 2. The minimum atomic E-state index is -1.18. The monoisotopic (exact) mass is 612 g/mol. The maximum atomic E-state index is 14.7. The number of ether oxygens (including phenoxy) is 1. The van der Waals surface area contributed by atoms with Crippen molar-refractivity contribution in [1.29, 1.82) is 0 Å². The second kappa shape index (κ2) is 14.9. The number of carbonyl (C=O) groups is 1. The van der Waals surface area contributed by atoms with Gasteiger partial charge in [0.05, 0.1) is 12.1 Å². The summed E-state index contributed by atoms with van der Waals surface area (Å²) >= 11 is 0. The average Bonchev–Trinajstić information content (AvgIpc) is 3.17. The normalized spacial score (nSPS) is 19.9. The van der Waals surface area contributed by atoms with Crippen LogP contribution in [0.2, 0.25) is 0 Å². The molecule has 6 rings (SSSR count). The zero-order chi connectivity index (χ0) is 31.7. The van der Waals surface area contributed by atoms with E-state index in [1.54, 1.807) is 9.80 Å². The molecule has 2 amide bonds. The van der Waals surface area contributed by atoms with E-state index in [1.807, 2.05) is 146 Å². The van der Waals surface area contributed by atoms with Gasteiger partial charge in [0.15, 0.2) is 0 Å². The van der Waals surface area contributed by atoms with E-state index in [0.29, 0.717) is 32.5 Å². The Hall–Kier alpha value is -4.91. The Morgan fingerprint density at radius 2 is 0.848 bits per heavy atom. The minimum Gasteiger partial charge on any atom is -0.489 e. The smallest absolute Gasteiger partial charge is 0.321 e. The molecule has 0 saturated carbocycles. The van der Waals surface area contributed by atoms with Crippen LogP contribution in [0.4, 0.5) is 4.79 Å². The molecule has 0 unspecified atom stereocenters. The number of hydrogen-bond donors (Lipinski definition) is 2. The molecule has 0 aromatic heterocycles. The van der Waals surface area contributed by atoms with Gasteiger partial charge in [0, 0.05) is 13.1 Å². The first kappa shape index (κ1) is 31.1. The van der Waals surface area contributed by atoms with Crippen LogP contribution < -0.4 is 4.74 Å². The highest BCUT2D eigenvalue weighted by atomic mass is 16.5. The highest BCUT2D eigenvalue weighted by Crippen LogP contribution is 2.30. The third-order valence-corrected chi connectivity index (χ3v) is 8.73. The first-order chi connectivity index (χ1) is 22.5. The van der Waals surface area contributed by atoms with Crippen molar-refractivity contribution >= 4 is 6.03 Å². The lowest BCUT2D eigenvalue weighted by atomic mass is 9.91. The SMILES string of the molecule is O=C1N(Cc2ccccc2)[C@H](Cc2ccccc2)[C@H](O)[C@@H](O)[C@@H](Cc2ccc(OCc3ccccc3)cc2)N1Cc1ccccc1. The first-order valence-corrected chi connectivity index (χ1v) is 15.9. The number of nitrogens with zero attached hydrogens (tertiary/aromatic N) is 2. The molecule has 0 spiro atoms. The van der Waals surface area contributed by atoms with E-state index in [-0.39, 0.29) is 6.03 Å². The summed E-state index contributed by atoms with van der Waals surface area (Å²) in [5, 5.41) is 23.9. The van der Waals surface area contributed by atoms with Crippen LogP contribution >= 0.6 is 0 Å². The summed E-state index contributed by atoms with van der Waals surface area (Å²) in [5.41, 5.74) is 4.92. The van der Waals surface area contributed by atoms with Crippen LogP contribution in [0.1, 0.15) is 27.8 Å². The Bertz CT molecular complexity index is 1650. The number of aliphatic hydroxyl groups is 2. The van der Waals surface area contributed by atoms with Gasteiger partial charge in [-0.2, -0.15) is 0 Å². The lowest BCUT2D eigenvalue weighted by Gasteiger charge is -2.36. The molecule has 1 heterocycles.